The zero-order valence-electron chi connectivity index (χ0n) is 14.9. The molecule has 7 nitrogen and oxygen atoms in total. The topological polar surface area (TPSA) is 91.4 Å². The number of urea groups is 1. The van der Waals surface area contributed by atoms with Crippen LogP contribution in [0.1, 0.15) is 18.4 Å². The molecule has 142 valence electrons. The van der Waals surface area contributed by atoms with Gasteiger partial charge in [0.05, 0.1) is 16.8 Å². The molecule has 8 heteroatoms. The Kier molecular flexibility index (Phi) is 5.03. The van der Waals surface area contributed by atoms with Crippen LogP contribution in [0.5, 0.6) is 0 Å². The van der Waals surface area contributed by atoms with Crippen LogP contribution in [0.3, 0.4) is 0 Å². The summed E-state index contributed by atoms with van der Waals surface area (Å²) >= 11 is 1.40. The van der Waals surface area contributed by atoms with E-state index < -0.39 is 12.1 Å². The predicted molar refractivity (Wildman–Crippen MR) is 107 cm³/mol. The van der Waals surface area contributed by atoms with Gasteiger partial charge in [-0.15, -0.1) is 0 Å². The number of thiazole rings is 1. The molecule has 4 rings (SSSR count). The van der Waals surface area contributed by atoms with Gasteiger partial charge in [0.25, 0.3) is 5.91 Å². The van der Waals surface area contributed by atoms with Crippen molar-refractivity contribution in [1.82, 2.24) is 15.2 Å². The molecular formula is C20H18N4O3S. The average molecular weight is 394 g/mol. The Bertz CT molecular complexity index is 1000. The minimum Gasteiger partial charge on any atom is -0.326 e. The number of imide groups is 1. The molecule has 3 aromatic rings. The van der Waals surface area contributed by atoms with Crippen molar-refractivity contribution in [2.45, 2.75) is 25.4 Å². The Morgan fingerprint density at radius 2 is 1.86 bits per heavy atom. The van der Waals surface area contributed by atoms with E-state index in [4.69, 9.17) is 0 Å². The summed E-state index contributed by atoms with van der Waals surface area (Å²) in [4.78, 5) is 42.4. The first-order valence-corrected chi connectivity index (χ1v) is 9.73. The molecule has 4 amide bonds. The molecule has 0 aliphatic carbocycles. The maximum Gasteiger partial charge on any atom is 0.325 e. The van der Waals surface area contributed by atoms with E-state index >= 15 is 0 Å². The second-order valence-corrected chi connectivity index (χ2v) is 7.52. The smallest absolute Gasteiger partial charge is 0.325 e. The summed E-state index contributed by atoms with van der Waals surface area (Å²) in [5.41, 5.74) is 1.71. The van der Waals surface area contributed by atoms with Crippen LogP contribution < -0.4 is 10.6 Å². The van der Waals surface area contributed by atoms with Gasteiger partial charge in [0.15, 0.2) is 5.13 Å². The lowest BCUT2D eigenvalue weighted by Crippen LogP contribution is -2.31. The van der Waals surface area contributed by atoms with Gasteiger partial charge in [-0.05, 0) is 24.1 Å². The van der Waals surface area contributed by atoms with Gasteiger partial charge >= 0.3 is 6.03 Å². The van der Waals surface area contributed by atoms with Gasteiger partial charge in [0.2, 0.25) is 5.91 Å². The van der Waals surface area contributed by atoms with Gasteiger partial charge in [-0.2, -0.15) is 0 Å². The summed E-state index contributed by atoms with van der Waals surface area (Å²) in [5.74, 6) is -0.538. The van der Waals surface area contributed by atoms with Gasteiger partial charge in [-0.3, -0.25) is 14.5 Å². The third-order valence-corrected chi connectivity index (χ3v) is 5.44. The monoisotopic (exact) mass is 394 g/mol. The number of nitrogens with one attached hydrogen (secondary N) is 2. The van der Waals surface area contributed by atoms with Crippen molar-refractivity contribution >= 4 is 44.5 Å². The summed E-state index contributed by atoms with van der Waals surface area (Å²) in [6, 6.07) is 15.8. The molecule has 1 aliphatic heterocycles. The lowest BCUT2D eigenvalue weighted by Gasteiger charge is -2.13. The van der Waals surface area contributed by atoms with Crippen LogP contribution in [0.25, 0.3) is 10.2 Å². The number of nitrogens with zero attached hydrogens (tertiary/aromatic N) is 2. The Morgan fingerprint density at radius 3 is 2.64 bits per heavy atom. The van der Waals surface area contributed by atoms with E-state index in [1.165, 1.54) is 16.2 Å². The number of amides is 4. The molecule has 1 atom stereocenters. The number of hydrogen-bond donors (Lipinski definition) is 2. The van der Waals surface area contributed by atoms with Crippen LogP contribution in [0, 0.1) is 0 Å². The lowest BCUT2D eigenvalue weighted by molar-refractivity contribution is -0.128. The van der Waals surface area contributed by atoms with Gasteiger partial charge in [-0.1, -0.05) is 53.8 Å². The number of carbonyl (C=O) groups is 3. The highest BCUT2D eigenvalue weighted by molar-refractivity contribution is 7.22. The minimum absolute atomic E-state index is 0.117. The van der Waals surface area contributed by atoms with Crippen molar-refractivity contribution in [3.05, 3.63) is 60.2 Å². The van der Waals surface area contributed by atoms with Crippen LogP contribution in [-0.4, -0.2) is 33.8 Å². The standard InChI is InChI=1S/C20H18N4O3S/c25-17(23-19-21-14-8-4-5-9-16(14)28-19)11-10-15-18(26)24(20(27)22-15)12-13-6-2-1-3-7-13/h1-9,15H,10-12H2,(H,22,27)(H,21,23,25). The number of aromatic nitrogens is 1. The van der Waals surface area contributed by atoms with E-state index in [-0.39, 0.29) is 31.2 Å². The van der Waals surface area contributed by atoms with E-state index in [0.29, 0.717) is 5.13 Å². The molecule has 1 fully saturated rings. The number of para-hydroxylation sites is 1. The van der Waals surface area contributed by atoms with Crippen LogP contribution in [0.4, 0.5) is 9.93 Å². The van der Waals surface area contributed by atoms with Gasteiger partial charge in [-0.25, -0.2) is 9.78 Å². The number of rotatable bonds is 6. The van der Waals surface area contributed by atoms with Crippen molar-refractivity contribution in [2.24, 2.45) is 0 Å². The summed E-state index contributed by atoms with van der Waals surface area (Å²) in [6.07, 6.45) is 0.360. The SMILES string of the molecule is O=C(CCC1NC(=O)N(Cc2ccccc2)C1=O)Nc1nc2ccccc2s1. The van der Waals surface area contributed by atoms with Crippen molar-refractivity contribution in [3.63, 3.8) is 0 Å². The number of hydrogen-bond acceptors (Lipinski definition) is 5. The number of anilines is 1. The third kappa shape index (κ3) is 3.86. The largest absolute Gasteiger partial charge is 0.326 e. The van der Waals surface area contributed by atoms with Crippen molar-refractivity contribution in [1.29, 1.82) is 0 Å². The predicted octanol–water partition coefficient (Wildman–Crippen LogP) is 3.14. The summed E-state index contributed by atoms with van der Waals surface area (Å²) < 4.78 is 0.993. The molecule has 0 spiro atoms. The van der Waals surface area contributed by atoms with Gasteiger partial charge in [0.1, 0.15) is 6.04 Å². The summed E-state index contributed by atoms with van der Waals surface area (Å²) in [5, 5.41) is 5.95. The molecule has 1 aliphatic rings. The highest BCUT2D eigenvalue weighted by Crippen LogP contribution is 2.25. The molecule has 2 aromatic carbocycles. The average Bonchev–Trinajstić information content (AvgIpc) is 3.22. The molecule has 2 N–H and O–H groups in total. The normalized spacial score (nSPS) is 16.4. The molecule has 0 bridgehead atoms. The Labute approximate surface area is 165 Å². The van der Waals surface area contributed by atoms with Crippen molar-refractivity contribution < 1.29 is 14.4 Å². The molecule has 1 unspecified atom stereocenters. The fraction of sp³-hybridized carbons (Fsp3) is 0.200. The zero-order chi connectivity index (χ0) is 19.5. The van der Waals surface area contributed by atoms with E-state index in [1.54, 1.807) is 0 Å². The van der Waals surface area contributed by atoms with Crippen LogP contribution in [0.15, 0.2) is 54.6 Å². The number of fused-ring (bicyclic) bond motifs is 1. The van der Waals surface area contributed by atoms with E-state index in [0.717, 1.165) is 15.8 Å². The van der Waals surface area contributed by atoms with Gasteiger partial charge < -0.3 is 10.6 Å². The molecule has 2 heterocycles. The molecule has 0 radical (unpaired) electrons. The van der Waals surface area contributed by atoms with E-state index in [2.05, 4.69) is 15.6 Å². The molecule has 1 aromatic heterocycles. The maximum absolute atomic E-state index is 12.5. The molecule has 1 saturated heterocycles. The number of carbonyl (C=O) groups excluding carboxylic acids is 3. The first kappa shape index (κ1) is 18.1. The van der Waals surface area contributed by atoms with Gasteiger partial charge in [0, 0.05) is 6.42 Å². The second-order valence-electron chi connectivity index (χ2n) is 6.49. The Hall–Kier alpha value is -3.26. The molecule has 0 saturated carbocycles. The summed E-state index contributed by atoms with van der Waals surface area (Å²) in [7, 11) is 0. The second kappa shape index (κ2) is 7.77. The van der Waals surface area contributed by atoms with E-state index in [9.17, 15) is 14.4 Å². The maximum atomic E-state index is 12.5. The lowest BCUT2D eigenvalue weighted by atomic mass is 10.1. The Balaban J connectivity index is 1.32. The minimum atomic E-state index is -0.683. The summed E-state index contributed by atoms with van der Waals surface area (Å²) in [6.45, 7) is 0.222. The highest BCUT2D eigenvalue weighted by atomic mass is 32.1. The first-order valence-electron chi connectivity index (χ1n) is 8.91. The quantitative estimate of drug-likeness (QED) is 0.629. The molecule has 28 heavy (non-hydrogen) atoms. The third-order valence-electron chi connectivity index (χ3n) is 4.49. The van der Waals surface area contributed by atoms with Crippen LogP contribution >= 0.6 is 11.3 Å². The van der Waals surface area contributed by atoms with Crippen LogP contribution in [0.2, 0.25) is 0 Å². The highest BCUT2D eigenvalue weighted by Gasteiger charge is 2.37. The van der Waals surface area contributed by atoms with Crippen LogP contribution in [-0.2, 0) is 16.1 Å². The number of benzene rings is 2. The fourth-order valence-corrected chi connectivity index (χ4v) is 3.95. The fourth-order valence-electron chi connectivity index (χ4n) is 3.07. The van der Waals surface area contributed by atoms with Crippen molar-refractivity contribution in [3.8, 4) is 0 Å². The van der Waals surface area contributed by atoms with Crippen molar-refractivity contribution in [2.75, 3.05) is 5.32 Å². The Morgan fingerprint density at radius 1 is 1.11 bits per heavy atom. The first-order chi connectivity index (χ1) is 13.6. The molecular weight excluding hydrogens is 376 g/mol. The zero-order valence-corrected chi connectivity index (χ0v) is 15.7. The van der Waals surface area contributed by atoms with E-state index in [1.807, 2.05) is 54.6 Å².